The van der Waals surface area contributed by atoms with E-state index in [-0.39, 0.29) is 0 Å². The van der Waals surface area contributed by atoms with Crippen LogP contribution in [-0.4, -0.2) is 35.5 Å². The van der Waals surface area contributed by atoms with Gasteiger partial charge in [0.2, 0.25) is 0 Å². The fourth-order valence-corrected chi connectivity index (χ4v) is 1.40. The number of hydrogen-bond donors (Lipinski definition) is 1. The van der Waals surface area contributed by atoms with Crippen LogP contribution in [0.5, 0.6) is 0 Å². The van der Waals surface area contributed by atoms with Crippen molar-refractivity contribution in [3.8, 4) is 0 Å². The number of likely N-dealkylation sites (N-methyl/N-ethyl adjacent to an activating group) is 1. The van der Waals surface area contributed by atoms with Crippen molar-refractivity contribution in [2.24, 2.45) is 5.16 Å². The van der Waals surface area contributed by atoms with E-state index in [1.54, 1.807) is 0 Å². The fraction of sp³-hybridized carbons (Fsp3) is 0.667. The molecule has 1 aliphatic rings. The van der Waals surface area contributed by atoms with Gasteiger partial charge in [-0.1, -0.05) is 18.2 Å². The van der Waals surface area contributed by atoms with Crippen LogP contribution in [0.25, 0.3) is 0 Å². The van der Waals surface area contributed by atoms with Crippen LogP contribution >= 0.6 is 0 Å². The Kier molecular flexibility index (Phi) is 3.29. The van der Waals surface area contributed by atoms with E-state index in [0.717, 1.165) is 37.3 Å². The molecule has 0 saturated heterocycles. The molecule has 0 unspecified atom stereocenters. The SMILES string of the molecule is CCN1CCC=C(C(C)=NO)C1. The third-order valence-electron chi connectivity index (χ3n) is 2.29. The molecule has 3 heteroatoms. The van der Waals surface area contributed by atoms with Gasteiger partial charge in [0.1, 0.15) is 0 Å². The Morgan fingerprint density at radius 3 is 3.08 bits per heavy atom. The third-order valence-corrected chi connectivity index (χ3v) is 2.29. The van der Waals surface area contributed by atoms with E-state index in [0.29, 0.717) is 0 Å². The summed E-state index contributed by atoms with van der Waals surface area (Å²) in [6.45, 7) is 7.10. The van der Waals surface area contributed by atoms with Crippen molar-refractivity contribution >= 4 is 5.71 Å². The highest BCUT2D eigenvalue weighted by Gasteiger charge is 2.12. The number of rotatable bonds is 2. The average Bonchev–Trinajstić information content (AvgIpc) is 2.17. The smallest absolute Gasteiger partial charge is 0.0806 e. The van der Waals surface area contributed by atoms with Crippen molar-refractivity contribution in [1.29, 1.82) is 0 Å². The molecule has 0 spiro atoms. The van der Waals surface area contributed by atoms with E-state index in [2.05, 4.69) is 23.1 Å². The highest BCUT2D eigenvalue weighted by Crippen LogP contribution is 2.10. The Morgan fingerprint density at radius 1 is 1.75 bits per heavy atom. The highest BCUT2D eigenvalue weighted by atomic mass is 16.4. The van der Waals surface area contributed by atoms with Gasteiger partial charge in [-0.3, -0.25) is 4.90 Å². The van der Waals surface area contributed by atoms with Crippen molar-refractivity contribution in [3.63, 3.8) is 0 Å². The summed E-state index contributed by atoms with van der Waals surface area (Å²) >= 11 is 0. The minimum atomic E-state index is 0.744. The molecule has 0 aromatic carbocycles. The van der Waals surface area contributed by atoms with Gasteiger partial charge in [-0.05, 0) is 25.5 Å². The molecule has 0 saturated carbocycles. The van der Waals surface area contributed by atoms with Gasteiger partial charge >= 0.3 is 0 Å². The Morgan fingerprint density at radius 2 is 2.50 bits per heavy atom. The van der Waals surface area contributed by atoms with E-state index >= 15 is 0 Å². The maximum atomic E-state index is 8.57. The normalized spacial score (nSPS) is 20.8. The van der Waals surface area contributed by atoms with Crippen LogP contribution in [-0.2, 0) is 0 Å². The molecule has 12 heavy (non-hydrogen) atoms. The van der Waals surface area contributed by atoms with Crippen LogP contribution in [0.3, 0.4) is 0 Å². The first-order valence-electron chi connectivity index (χ1n) is 4.38. The molecule has 68 valence electrons. The standard InChI is InChI=1S/C9H16N2O/c1-3-11-6-4-5-9(7-11)8(2)10-12/h5,12H,3-4,6-7H2,1-2H3. The van der Waals surface area contributed by atoms with E-state index in [1.807, 2.05) is 6.92 Å². The van der Waals surface area contributed by atoms with E-state index in [9.17, 15) is 0 Å². The number of oxime groups is 1. The molecule has 1 aliphatic heterocycles. The molecule has 0 fully saturated rings. The highest BCUT2D eigenvalue weighted by molar-refractivity contribution is 5.98. The molecular formula is C9H16N2O. The van der Waals surface area contributed by atoms with Crippen LogP contribution in [0.15, 0.2) is 16.8 Å². The van der Waals surface area contributed by atoms with Gasteiger partial charge in [0.15, 0.2) is 0 Å². The van der Waals surface area contributed by atoms with Crippen LogP contribution in [0.2, 0.25) is 0 Å². The molecule has 0 amide bonds. The minimum Gasteiger partial charge on any atom is -0.411 e. The van der Waals surface area contributed by atoms with Crippen molar-refractivity contribution < 1.29 is 5.21 Å². The molecule has 1 rings (SSSR count). The van der Waals surface area contributed by atoms with E-state index in [1.165, 1.54) is 0 Å². The first-order valence-corrected chi connectivity index (χ1v) is 4.38. The molecule has 1 heterocycles. The van der Waals surface area contributed by atoms with Crippen molar-refractivity contribution in [3.05, 3.63) is 11.6 Å². The second kappa shape index (κ2) is 4.26. The largest absolute Gasteiger partial charge is 0.411 e. The Balaban J connectivity index is 2.61. The van der Waals surface area contributed by atoms with E-state index < -0.39 is 0 Å². The number of nitrogens with zero attached hydrogens (tertiary/aromatic N) is 2. The molecule has 3 nitrogen and oxygen atoms in total. The lowest BCUT2D eigenvalue weighted by Gasteiger charge is -2.25. The van der Waals surface area contributed by atoms with Crippen LogP contribution in [0.1, 0.15) is 20.3 Å². The van der Waals surface area contributed by atoms with Crippen molar-refractivity contribution in [2.45, 2.75) is 20.3 Å². The lowest BCUT2D eigenvalue weighted by atomic mass is 10.1. The van der Waals surface area contributed by atoms with Crippen LogP contribution < -0.4 is 0 Å². The number of hydrogen-bond acceptors (Lipinski definition) is 3. The summed E-state index contributed by atoms with van der Waals surface area (Å²) in [4.78, 5) is 2.34. The Labute approximate surface area is 73.4 Å². The summed E-state index contributed by atoms with van der Waals surface area (Å²) in [5.41, 5.74) is 1.90. The van der Waals surface area contributed by atoms with Gasteiger partial charge in [0.05, 0.1) is 5.71 Å². The van der Waals surface area contributed by atoms with Gasteiger partial charge in [-0.2, -0.15) is 0 Å². The van der Waals surface area contributed by atoms with Crippen LogP contribution in [0.4, 0.5) is 0 Å². The Bertz CT molecular complexity index is 209. The van der Waals surface area contributed by atoms with Gasteiger partial charge in [0.25, 0.3) is 0 Å². The Hall–Kier alpha value is -0.830. The summed E-state index contributed by atoms with van der Waals surface area (Å²) in [6, 6.07) is 0. The molecule has 0 bridgehead atoms. The monoisotopic (exact) mass is 168 g/mol. The molecule has 0 atom stereocenters. The van der Waals surface area contributed by atoms with Crippen LogP contribution in [0, 0.1) is 0 Å². The predicted molar refractivity (Wildman–Crippen MR) is 49.7 cm³/mol. The maximum absolute atomic E-state index is 8.57. The maximum Gasteiger partial charge on any atom is 0.0806 e. The third kappa shape index (κ3) is 2.08. The summed E-state index contributed by atoms with van der Waals surface area (Å²) in [5.74, 6) is 0. The van der Waals surface area contributed by atoms with Gasteiger partial charge in [0, 0.05) is 13.1 Å². The van der Waals surface area contributed by atoms with Crippen molar-refractivity contribution in [2.75, 3.05) is 19.6 Å². The summed E-state index contributed by atoms with van der Waals surface area (Å²) in [7, 11) is 0. The molecule has 0 radical (unpaired) electrons. The lowest BCUT2D eigenvalue weighted by molar-refractivity contribution is 0.303. The zero-order chi connectivity index (χ0) is 8.97. The second-order valence-corrected chi connectivity index (χ2v) is 3.07. The summed E-state index contributed by atoms with van der Waals surface area (Å²) in [5, 5.41) is 11.8. The zero-order valence-corrected chi connectivity index (χ0v) is 7.75. The second-order valence-electron chi connectivity index (χ2n) is 3.07. The summed E-state index contributed by atoms with van der Waals surface area (Å²) in [6.07, 6.45) is 3.22. The quantitative estimate of drug-likeness (QED) is 0.385. The zero-order valence-electron chi connectivity index (χ0n) is 7.75. The van der Waals surface area contributed by atoms with Crippen molar-refractivity contribution in [1.82, 2.24) is 4.90 Å². The molecule has 0 aromatic heterocycles. The average molecular weight is 168 g/mol. The summed E-state index contributed by atoms with van der Waals surface area (Å²) < 4.78 is 0. The molecule has 0 aromatic rings. The molecule has 0 aliphatic carbocycles. The van der Waals surface area contributed by atoms with Gasteiger partial charge < -0.3 is 5.21 Å². The van der Waals surface area contributed by atoms with Gasteiger partial charge in [-0.15, -0.1) is 0 Å². The topological polar surface area (TPSA) is 35.8 Å². The lowest BCUT2D eigenvalue weighted by Crippen LogP contribution is -2.31. The fourth-order valence-electron chi connectivity index (χ4n) is 1.40. The molecule has 1 N–H and O–H groups in total. The molecular weight excluding hydrogens is 152 g/mol. The first-order chi connectivity index (χ1) is 5.77. The van der Waals surface area contributed by atoms with Gasteiger partial charge in [-0.25, -0.2) is 0 Å². The minimum absolute atomic E-state index is 0.744. The van der Waals surface area contributed by atoms with E-state index in [4.69, 9.17) is 5.21 Å². The first kappa shape index (κ1) is 9.26. The predicted octanol–water partition coefficient (Wildman–Crippen LogP) is 1.49.